The highest BCUT2D eigenvalue weighted by Gasteiger charge is 2.18. The maximum absolute atomic E-state index is 13.8. The number of carbonyl (C=O) groups excluding carboxylic acids is 1. The van der Waals surface area contributed by atoms with E-state index in [0.29, 0.717) is 10.8 Å². The minimum atomic E-state index is -3.52. The fourth-order valence-corrected chi connectivity index (χ4v) is 2.69. The second-order valence-corrected chi connectivity index (χ2v) is 7.57. The highest BCUT2D eigenvalue weighted by Crippen LogP contribution is 2.21. The van der Waals surface area contributed by atoms with Crippen LogP contribution in [-0.4, -0.2) is 26.7 Å². The fourth-order valence-electron chi connectivity index (χ4n) is 1.86. The van der Waals surface area contributed by atoms with Gasteiger partial charge in [0.15, 0.2) is 15.9 Å². The van der Waals surface area contributed by atoms with Gasteiger partial charge in [0.1, 0.15) is 11.6 Å². The molecule has 0 bridgehead atoms. The molecule has 0 heterocycles. The number of halogens is 2. The molecule has 128 valence electrons. The number of rotatable bonds is 5. The largest absolute Gasteiger partial charge is 0.481 e. The molecule has 5 nitrogen and oxygen atoms in total. The summed E-state index contributed by atoms with van der Waals surface area (Å²) in [6.45, 7) is 1.48. The molecule has 2 aromatic carbocycles. The third-order valence-corrected chi connectivity index (χ3v) is 4.45. The summed E-state index contributed by atoms with van der Waals surface area (Å²) in [4.78, 5) is 12.0. The van der Waals surface area contributed by atoms with Crippen LogP contribution in [0.2, 0.25) is 5.02 Å². The van der Waals surface area contributed by atoms with E-state index in [1.807, 2.05) is 0 Å². The summed E-state index contributed by atoms with van der Waals surface area (Å²) in [5, 5.41) is 2.77. The van der Waals surface area contributed by atoms with Crippen LogP contribution in [-0.2, 0) is 14.6 Å². The standard InChI is InChI=1S/C16H15ClFNO4S/c1-10(23-12-5-3-4-11(17)8-12)16(20)19-15-9-13(24(2,21)22)6-7-14(15)18/h3-10H,1-2H3,(H,19,20). The van der Waals surface area contributed by atoms with Gasteiger partial charge in [-0.05, 0) is 43.3 Å². The Morgan fingerprint density at radius 1 is 1.25 bits per heavy atom. The van der Waals surface area contributed by atoms with E-state index in [1.165, 1.54) is 13.0 Å². The van der Waals surface area contributed by atoms with Crippen LogP contribution in [0.25, 0.3) is 0 Å². The van der Waals surface area contributed by atoms with Gasteiger partial charge in [0.25, 0.3) is 5.91 Å². The maximum atomic E-state index is 13.8. The van der Waals surface area contributed by atoms with Crippen molar-refractivity contribution in [3.05, 3.63) is 53.3 Å². The lowest BCUT2D eigenvalue weighted by molar-refractivity contribution is -0.122. The first-order valence-electron chi connectivity index (χ1n) is 6.89. The van der Waals surface area contributed by atoms with Crippen LogP contribution >= 0.6 is 11.6 Å². The fraction of sp³-hybridized carbons (Fsp3) is 0.188. The lowest BCUT2D eigenvalue weighted by atomic mass is 10.2. The Labute approximate surface area is 144 Å². The van der Waals surface area contributed by atoms with Gasteiger partial charge in [-0.25, -0.2) is 12.8 Å². The Morgan fingerprint density at radius 3 is 2.58 bits per heavy atom. The molecule has 8 heteroatoms. The van der Waals surface area contributed by atoms with Crippen molar-refractivity contribution in [3.63, 3.8) is 0 Å². The van der Waals surface area contributed by atoms with Crippen molar-refractivity contribution in [3.8, 4) is 5.75 Å². The molecule has 1 unspecified atom stereocenters. The highest BCUT2D eigenvalue weighted by atomic mass is 35.5. The summed E-state index contributed by atoms with van der Waals surface area (Å²) in [6, 6.07) is 9.66. The molecule has 0 saturated carbocycles. The van der Waals surface area contributed by atoms with Crippen molar-refractivity contribution in [1.29, 1.82) is 0 Å². The van der Waals surface area contributed by atoms with Crippen molar-refractivity contribution in [2.75, 3.05) is 11.6 Å². The summed E-state index contributed by atoms with van der Waals surface area (Å²) < 4.78 is 42.3. The smallest absolute Gasteiger partial charge is 0.265 e. The minimum Gasteiger partial charge on any atom is -0.481 e. The van der Waals surface area contributed by atoms with Gasteiger partial charge < -0.3 is 10.1 Å². The van der Waals surface area contributed by atoms with Gasteiger partial charge in [-0.3, -0.25) is 4.79 Å². The number of carbonyl (C=O) groups is 1. The first-order chi connectivity index (χ1) is 11.2. The van der Waals surface area contributed by atoms with Gasteiger partial charge in [0.2, 0.25) is 0 Å². The summed E-state index contributed by atoms with van der Waals surface area (Å²) >= 11 is 5.83. The van der Waals surface area contributed by atoms with Crippen LogP contribution in [0.3, 0.4) is 0 Å². The third-order valence-electron chi connectivity index (χ3n) is 3.10. The Balaban J connectivity index is 2.14. The molecule has 0 aliphatic carbocycles. The zero-order valence-electron chi connectivity index (χ0n) is 12.9. The third kappa shape index (κ3) is 4.69. The first kappa shape index (κ1) is 18.2. The van der Waals surface area contributed by atoms with Crippen LogP contribution in [0, 0.1) is 5.82 Å². The van der Waals surface area contributed by atoms with E-state index < -0.39 is 27.7 Å². The van der Waals surface area contributed by atoms with Crippen molar-refractivity contribution < 1.29 is 22.3 Å². The van der Waals surface area contributed by atoms with E-state index in [-0.39, 0.29) is 10.6 Å². The molecule has 0 spiro atoms. The van der Waals surface area contributed by atoms with E-state index in [9.17, 15) is 17.6 Å². The van der Waals surface area contributed by atoms with Gasteiger partial charge >= 0.3 is 0 Å². The van der Waals surface area contributed by atoms with Crippen molar-refractivity contribution in [2.45, 2.75) is 17.9 Å². The monoisotopic (exact) mass is 371 g/mol. The lowest BCUT2D eigenvalue weighted by Crippen LogP contribution is -2.30. The van der Waals surface area contributed by atoms with Crippen LogP contribution < -0.4 is 10.1 Å². The summed E-state index contributed by atoms with van der Waals surface area (Å²) in [5.74, 6) is -0.985. The van der Waals surface area contributed by atoms with E-state index >= 15 is 0 Å². The van der Waals surface area contributed by atoms with E-state index in [2.05, 4.69) is 5.32 Å². The van der Waals surface area contributed by atoms with Gasteiger partial charge in [0.05, 0.1) is 10.6 Å². The number of amides is 1. The number of sulfone groups is 1. The Hall–Kier alpha value is -2.12. The Kier molecular flexibility index (Phi) is 5.46. The maximum Gasteiger partial charge on any atom is 0.265 e. The molecule has 1 atom stereocenters. The van der Waals surface area contributed by atoms with Crippen LogP contribution in [0.5, 0.6) is 5.75 Å². The molecule has 1 amide bonds. The summed E-state index contributed by atoms with van der Waals surface area (Å²) in [5.41, 5.74) is -0.232. The molecule has 2 aromatic rings. The number of benzene rings is 2. The molecule has 0 aliphatic rings. The van der Waals surface area contributed by atoms with Gasteiger partial charge in [0, 0.05) is 11.3 Å². The van der Waals surface area contributed by atoms with Crippen molar-refractivity contribution in [2.24, 2.45) is 0 Å². The minimum absolute atomic E-state index is 0.0948. The zero-order valence-corrected chi connectivity index (χ0v) is 14.5. The lowest BCUT2D eigenvalue weighted by Gasteiger charge is -2.15. The molecule has 0 aromatic heterocycles. The molecular weight excluding hydrogens is 357 g/mol. The predicted octanol–water partition coefficient (Wildman–Crippen LogP) is 3.29. The van der Waals surface area contributed by atoms with Crippen LogP contribution in [0.15, 0.2) is 47.4 Å². The van der Waals surface area contributed by atoms with Gasteiger partial charge in [-0.1, -0.05) is 17.7 Å². The average molecular weight is 372 g/mol. The number of nitrogens with one attached hydrogen (secondary N) is 1. The average Bonchev–Trinajstić information content (AvgIpc) is 2.48. The van der Waals surface area contributed by atoms with Gasteiger partial charge in [-0.2, -0.15) is 0 Å². The SMILES string of the molecule is CC(Oc1cccc(Cl)c1)C(=O)Nc1cc(S(C)(=O)=O)ccc1F. The Bertz CT molecular complexity index is 870. The Morgan fingerprint density at radius 2 is 1.96 bits per heavy atom. The highest BCUT2D eigenvalue weighted by molar-refractivity contribution is 7.90. The van der Waals surface area contributed by atoms with E-state index in [1.54, 1.807) is 18.2 Å². The van der Waals surface area contributed by atoms with Crippen LogP contribution in [0.4, 0.5) is 10.1 Å². The van der Waals surface area contributed by atoms with E-state index in [4.69, 9.17) is 16.3 Å². The number of hydrogen-bond donors (Lipinski definition) is 1. The molecule has 0 saturated heterocycles. The summed E-state index contributed by atoms with van der Waals surface area (Å²) in [7, 11) is -3.52. The molecule has 0 aliphatic heterocycles. The number of anilines is 1. The predicted molar refractivity (Wildman–Crippen MR) is 89.7 cm³/mol. The molecule has 0 radical (unpaired) electrons. The molecule has 1 N–H and O–H groups in total. The number of hydrogen-bond acceptors (Lipinski definition) is 4. The molecular formula is C16H15ClFNO4S. The number of ether oxygens (including phenoxy) is 1. The van der Waals surface area contributed by atoms with Crippen LogP contribution in [0.1, 0.15) is 6.92 Å². The van der Waals surface area contributed by atoms with E-state index in [0.717, 1.165) is 24.5 Å². The molecule has 0 fully saturated rings. The molecule has 2 rings (SSSR count). The molecule has 24 heavy (non-hydrogen) atoms. The quantitative estimate of drug-likeness (QED) is 0.818. The van der Waals surface area contributed by atoms with Crippen molar-refractivity contribution >= 4 is 33.0 Å². The topological polar surface area (TPSA) is 72.5 Å². The normalized spacial score (nSPS) is 12.5. The van der Waals surface area contributed by atoms with Gasteiger partial charge in [-0.15, -0.1) is 0 Å². The second kappa shape index (κ2) is 7.19. The second-order valence-electron chi connectivity index (χ2n) is 5.12. The van der Waals surface area contributed by atoms with Crippen molar-refractivity contribution in [1.82, 2.24) is 0 Å². The zero-order chi connectivity index (χ0) is 17.9. The first-order valence-corrected chi connectivity index (χ1v) is 9.16. The summed E-state index contributed by atoms with van der Waals surface area (Å²) in [6.07, 6.45) is 0.0567.